The summed E-state index contributed by atoms with van der Waals surface area (Å²) in [6, 6.07) is 0. The van der Waals surface area contributed by atoms with Crippen LogP contribution >= 0.6 is 12.2 Å². The molecule has 70 valence electrons. The van der Waals surface area contributed by atoms with Crippen LogP contribution in [0.4, 0.5) is 0 Å². The Bertz CT molecular complexity index is 343. The molecule has 4 heteroatoms. The minimum absolute atomic E-state index is 0.381. The van der Waals surface area contributed by atoms with Gasteiger partial charge in [-0.3, -0.25) is 4.68 Å². The van der Waals surface area contributed by atoms with Gasteiger partial charge >= 0.3 is 0 Å². The van der Waals surface area contributed by atoms with Crippen molar-refractivity contribution in [1.82, 2.24) is 9.78 Å². The summed E-state index contributed by atoms with van der Waals surface area (Å²) in [6.07, 6.45) is 5.02. The maximum absolute atomic E-state index is 5.64. The molecule has 1 atom stereocenters. The second kappa shape index (κ2) is 3.10. The summed E-state index contributed by atoms with van der Waals surface area (Å²) in [5.74, 6) is 0.381. The smallest absolute Gasteiger partial charge is 0.0762 e. The molecular weight excluding hydrogens is 182 g/mol. The van der Waals surface area contributed by atoms with Crippen molar-refractivity contribution in [2.24, 2.45) is 18.7 Å². The first-order valence-electron chi connectivity index (χ1n) is 4.47. The van der Waals surface area contributed by atoms with Gasteiger partial charge < -0.3 is 5.73 Å². The van der Waals surface area contributed by atoms with Crippen molar-refractivity contribution in [3.05, 3.63) is 17.5 Å². The highest BCUT2D eigenvalue weighted by molar-refractivity contribution is 7.80. The molecule has 0 amide bonds. The predicted octanol–water partition coefficient (Wildman–Crippen LogP) is 0.811. The van der Waals surface area contributed by atoms with Gasteiger partial charge in [-0.05, 0) is 24.8 Å². The average Bonchev–Trinajstić information content (AvgIpc) is 2.47. The van der Waals surface area contributed by atoms with E-state index in [0.29, 0.717) is 10.9 Å². The largest absolute Gasteiger partial charge is 0.393 e. The highest BCUT2D eigenvalue weighted by atomic mass is 32.1. The lowest BCUT2D eigenvalue weighted by Crippen LogP contribution is -2.27. The summed E-state index contributed by atoms with van der Waals surface area (Å²) < 4.78 is 1.95. The van der Waals surface area contributed by atoms with Gasteiger partial charge in [0.15, 0.2) is 0 Å². The Morgan fingerprint density at radius 1 is 1.77 bits per heavy atom. The lowest BCUT2D eigenvalue weighted by Gasteiger charge is -2.20. The molecule has 1 aromatic rings. The predicted molar refractivity (Wildman–Crippen MR) is 55.5 cm³/mol. The number of fused-ring (bicyclic) bond motifs is 1. The second-order valence-corrected chi connectivity index (χ2v) is 4.05. The summed E-state index contributed by atoms with van der Waals surface area (Å²) in [5.41, 5.74) is 8.29. The Morgan fingerprint density at radius 3 is 3.23 bits per heavy atom. The number of nitrogens with zero attached hydrogens (tertiary/aromatic N) is 2. The van der Waals surface area contributed by atoms with Gasteiger partial charge in [0.05, 0.1) is 11.2 Å². The topological polar surface area (TPSA) is 43.8 Å². The van der Waals surface area contributed by atoms with Crippen LogP contribution in [-0.2, 0) is 19.9 Å². The Kier molecular flexibility index (Phi) is 2.07. The number of nitrogens with two attached hydrogens (primary N) is 1. The second-order valence-electron chi connectivity index (χ2n) is 3.58. The minimum Gasteiger partial charge on any atom is -0.393 e. The van der Waals surface area contributed by atoms with Crippen LogP contribution in [0.3, 0.4) is 0 Å². The van der Waals surface area contributed by atoms with E-state index in [0.717, 1.165) is 19.3 Å². The van der Waals surface area contributed by atoms with Crippen molar-refractivity contribution in [3.8, 4) is 0 Å². The van der Waals surface area contributed by atoms with Crippen LogP contribution in [0.2, 0.25) is 0 Å². The van der Waals surface area contributed by atoms with E-state index in [1.807, 2.05) is 17.9 Å². The standard InChI is InChI=1S/C9H13N3S/c1-12-8-3-2-6(9(10)13)4-7(8)5-11-12/h5-6H,2-4H2,1H3,(H2,10,13)/t6-/m0/s1. The van der Waals surface area contributed by atoms with E-state index < -0.39 is 0 Å². The molecule has 0 unspecified atom stereocenters. The van der Waals surface area contributed by atoms with Gasteiger partial charge in [0, 0.05) is 18.7 Å². The first kappa shape index (κ1) is 8.69. The van der Waals surface area contributed by atoms with Gasteiger partial charge in [0.1, 0.15) is 0 Å². The molecular formula is C9H13N3S. The lowest BCUT2D eigenvalue weighted by atomic mass is 9.88. The number of thiocarbonyl (C=S) groups is 1. The number of aryl methyl sites for hydroxylation is 1. The molecule has 0 saturated carbocycles. The third-order valence-corrected chi connectivity index (χ3v) is 3.08. The normalized spacial score (nSPS) is 21.2. The number of hydrogen-bond acceptors (Lipinski definition) is 2. The fourth-order valence-electron chi connectivity index (χ4n) is 1.92. The molecule has 1 aromatic heterocycles. The van der Waals surface area contributed by atoms with Crippen LogP contribution in [0.5, 0.6) is 0 Å². The monoisotopic (exact) mass is 195 g/mol. The van der Waals surface area contributed by atoms with Gasteiger partial charge in [0.25, 0.3) is 0 Å². The van der Waals surface area contributed by atoms with Crippen molar-refractivity contribution in [1.29, 1.82) is 0 Å². The number of rotatable bonds is 1. The molecule has 2 rings (SSSR count). The maximum Gasteiger partial charge on any atom is 0.0762 e. The van der Waals surface area contributed by atoms with Gasteiger partial charge in [-0.15, -0.1) is 0 Å². The van der Waals surface area contributed by atoms with Crippen LogP contribution in [-0.4, -0.2) is 14.8 Å². The number of hydrogen-bond donors (Lipinski definition) is 1. The Balaban J connectivity index is 2.25. The molecule has 0 bridgehead atoms. The van der Waals surface area contributed by atoms with Crippen molar-refractivity contribution < 1.29 is 0 Å². The summed E-state index contributed by atoms with van der Waals surface area (Å²) >= 11 is 5.00. The van der Waals surface area contributed by atoms with E-state index in [1.54, 1.807) is 0 Å². The zero-order valence-corrected chi connectivity index (χ0v) is 8.47. The van der Waals surface area contributed by atoms with Gasteiger partial charge in [0.2, 0.25) is 0 Å². The highest BCUT2D eigenvalue weighted by Gasteiger charge is 2.22. The Hall–Kier alpha value is -0.900. The lowest BCUT2D eigenvalue weighted by molar-refractivity contribution is 0.558. The van der Waals surface area contributed by atoms with Gasteiger partial charge in [-0.2, -0.15) is 5.10 Å². The molecule has 0 radical (unpaired) electrons. The van der Waals surface area contributed by atoms with Crippen molar-refractivity contribution in [3.63, 3.8) is 0 Å². The van der Waals surface area contributed by atoms with Crippen molar-refractivity contribution in [2.45, 2.75) is 19.3 Å². The summed E-state index contributed by atoms with van der Waals surface area (Å²) in [6.45, 7) is 0. The molecule has 0 aromatic carbocycles. The van der Waals surface area contributed by atoms with Crippen molar-refractivity contribution in [2.75, 3.05) is 0 Å². The molecule has 1 aliphatic carbocycles. The zero-order valence-electron chi connectivity index (χ0n) is 7.66. The van der Waals surface area contributed by atoms with E-state index in [4.69, 9.17) is 18.0 Å². The minimum atomic E-state index is 0.381. The molecule has 2 N–H and O–H groups in total. The average molecular weight is 195 g/mol. The summed E-state index contributed by atoms with van der Waals surface area (Å²) in [4.78, 5) is 0.648. The molecule has 0 saturated heterocycles. The van der Waals surface area contributed by atoms with E-state index in [1.165, 1.54) is 11.3 Å². The van der Waals surface area contributed by atoms with E-state index in [-0.39, 0.29) is 0 Å². The van der Waals surface area contributed by atoms with Gasteiger partial charge in [-0.1, -0.05) is 12.2 Å². The molecule has 13 heavy (non-hydrogen) atoms. The maximum atomic E-state index is 5.64. The quantitative estimate of drug-likeness (QED) is 0.674. The van der Waals surface area contributed by atoms with Crippen LogP contribution in [0.1, 0.15) is 17.7 Å². The molecule has 0 aliphatic heterocycles. The van der Waals surface area contributed by atoms with Crippen LogP contribution in [0.25, 0.3) is 0 Å². The Labute approximate surface area is 82.9 Å². The first-order valence-corrected chi connectivity index (χ1v) is 4.88. The third-order valence-electron chi connectivity index (χ3n) is 2.75. The van der Waals surface area contributed by atoms with Gasteiger partial charge in [-0.25, -0.2) is 0 Å². The van der Waals surface area contributed by atoms with E-state index in [9.17, 15) is 0 Å². The SMILES string of the molecule is Cn1ncc2c1CC[C@H](C(N)=S)C2. The zero-order chi connectivity index (χ0) is 9.42. The molecule has 1 heterocycles. The first-order chi connectivity index (χ1) is 6.18. The van der Waals surface area contributed by atoms with Crippen LogP contribution in [0.15, 0.2) is 6.20 Å². The Morgan fingerprint density at radius 2 is 2.54 bits per heavy atom. The van der Waals surface area contributed by atoms with Crippen LogP contribution in [0, 0.1) is 5.92 Å². The van der Waals surface area contributed by atoms with E-state index >= 15 is 0 Å². The fraction of sp³-hybridized carbons (Fsp3) is 0.556. The third kappa shape index (κ3) is 1.46. The fourth-order valence-corrected chi connectivity index (χ4v) is 2.12. The highest BCUT2D eigenvalue weighted by Crippen LogP contribution is 2.24. The van der Waals surface area contributed by atoms with Crippen LogP contribution < -0.4 is 5.73 Å². The number of aromatic nitrogens is 2. The molecule has 0 fully saturated rings. The summed E-state index contributed by atoms with van der Waals surface area (Å²) in [5, 5.41) is 4.22. The summed E-state index contributed by atoms with van der Waals surface area (Å²) in [7, 11) is 1.99. The molecule has 0 spiro atoms. The van der Waals surface area contributed by atoms with E-state index in [2.05, 4.69) is 5.10 Å². The molecule has 1 aliphatic rings. The molecule has 3 nitrogen and oxygen atoms in total. The van der Waals surface area contributed by atoms with Crippen molar-refractivity contribution >= 4 is 17.2 Å².